The molecule has 0 aromatic carbocycles. The average molecular weight is 351 g/mol. The Labute approximate surface area is 143 Å². The summed E-state index contributed by atoms with van der Waals surface area (Å²) in [5.41, 5.74) is 1.72. The molecule has 1 aliphatic carbocycles. The number of aliphatic hydroxyl groups excluding tert-OH is 1. The van der Waals surface area contributed by atoms with Crippen molar-refractivity contribution in [1.82, 2.24) is 9.55 Å². The summed E-state index contributed by atoms with van der Waals surface area (Å²) in [5, 5.41) is 25.9. The molecule has 0 saturated carbocycles. The second-order valence-electron chi connectivity index (χ2n) is 5.53. The van der Waals surface area contributed by atoms with E-state index in [4.69, 9.17) is 20.2 Å². The van der Waals surface area contributed by atoms with Crippen molar-refractivity contribution in [2.75, 3.05) is 12.1 Å². The van der Waals surface area contributed by atoms with Crippen LogP contribution in [0.5, 0.6) is 0 Å². The molecule has 1 fully saturated rings. The Balaban J connectivity index is 0.000000212. The predicted octanol–water partition coefficient (Wildman–Crippen LogP) is 1.06. The SMILES string of the molecule is O=C(O)C1=CCCC=C1.O=c1nc(NO)ccn1C1CCC(CO)O1. The number of nitrogens with one attached hydrogen (secondary N) is 1. The molecule has 136 valence electrons. The number of aromatic nitrogens is 2. The van der Waals surface area contributed by atoms with Gasteiger partial charge in [-0.25, -0.2) is 9.59 Å². The zero-order chi connectivity index (χ0) is 18.2. The van der Waals surface area contributed by atoms with E-state index in [2.05, 4.69) is 4.98 Å². The minimum absolute atomic E-state index is 0.0467. The molecule has 2 unspecified atom stereocenters. The maximum Gasteiger partial charge on any atom is 0.351 e. The molecule has 2 atom stereocenters. The molecule has 0 amide bonds. The van der Waals surface area contributed by atoms with Crippen LogP contribution >= 0.6 is 0 Å². The van der Waals surface area contributed by atoms with E-state index >= 15 is 0 Å². The Kier molecular flexibility index (Phi) is 6.87. The molecule has 9 nitrogen and oxygen atoms in total. The summed E-state index contributed by atoms with van der Waals surface area (Å²) < 4.78 is 6.78. The minimum atomic E-state index is -0.828. The van der Waals surface area contributed by atoms with Crippen LogP contribution in [0.25, 0.3) is 0 Å². The smallest absolute Gasteiger partial charge is 0.351 e. The van der Waals surface area contributed by atoms with Crippen LogP contribution in [0.3, 0.4) is 0 Å². The van der Waals surface area contributed by atoms with Gasteiger partial charge in [0.15, 0.2) is 5.82 Å². The highest BCUT2D eigenvalue weighted by molar-refractivity contribution is 5.89. The quantitative estimate of drug-likeness (QED) is 0.592. The summed E-state index contributed by atoms with van der Waals surface area (Å²) in [6.45, 7) is -0.0467. The molecule has 25 heavy (non-hydrogen) atoms. The first-order valence-corrected chi connectivity index (χ1v) is 7.90. The number of rotatable bonds is 4. The van der Waals surface area contributed by atoms with E-state index < -0.39 is 11.7 Å². The normalized spacial score (nSPS) is 21.9. The van der Waals surface area contributed by atoms with Gasteiger partial charge in [-0.1, -0.05) is 18.2 Å². The van der Waals surface area contributed by atoms with Gasteiger partial charge in [0.1, 0.15) is 6.23 Å². The van der Waals surface area contributed by atoms with Crippen molar-refractivity contribution in [3.8, 4) is 0 Å². The number of hydrogen-bond donors (Lipinski definition) is 4. The van der Waals surface area contributed by atoms with Crippen molar-refractivity contribution in [3.05, 3.63) is 46.5 Å². The zero-order valence-electron chi connectivity index (χ0n) is 13.5. The Morgan fingerprint density at radius 2 is 2.20 bits per heavy atom. The molecule has 2 aliphatic rings. The molecule has 1 saturated heterocycles. The van der Waals surface area contributed by atoms with Gasteiger partial charge in [-0.3, -0.25) is 15.3 Å². The van der Waals surface area contributed by atoms with Crippen LogP contribution < -0.4 is 11.2 Å². The predicted molar refractivity (Wildman–Crippen MR) is 88.2 cm³/mol. The van der Waals surface area contributed by atoms with E-state index in [9.17, 15) is 9.59 Å². The summed E-state index contributed by atoms with van der Waals surface area (Å²) in [6, 6.07) is 1.47. The number of aliphatic carboxylic acids is 1. The molecule has 0 radical (unpaired) electrons. The lowest BCUT2D eigenvalue weighted by Crippen LogP contribution is -2.27. The van der Waals surface area contributed by atoms with Gasteiger partial charge in [-0.15, -0.1) is 0 Å². The maximum atomic E-state index is 11.5. The van der Waals surface area contributed by atoms with E-state index in [0.29, 0.717) is 18.4 Å². The van der Waals surface area contributed by atoms with Crippen molar-refractivity contribution >= 4 is 11.8 Å². The number of carboxylic acids is 1. The first kappa shape index (κ1) is 18.8. The van der Waals surface area contributed by atoms with Gasteiger partial charge in [-0.05, 0) is 31.7 Å². The molecule has 1 aromatic heterocycles. The molecule has 3 rings (SSSR count). The summed E-state index contributed by atoms with van der Waals surface area (Å²) in [5.74, 6) is -0.732. The lowest BCUT2D eigenvalue weighted by Gasteiger charge is -2.14. The van der Waals surface area contributed by atoms with E-state index in [1.807, 2.05) is 6.08 Å². The summed E-state index contributed by atoms with van der Waals surface area (Å²) in [4.78, 5) is 25.4. The lowest BCUT2D eigenvalue weighted by atomic mass is 10.1. The van der Waals surface area contributed by atoms with Gasteiger partial charge < -0.3 is 14.9 Å². The van der Waals surface area contributed by atoms with Crippen molar-refractivity contribution in [1.29, 1.82) is 0 Å². The third-order valence-electron chi connectivity index (χ3n) is 3.79. The molecule has 1 aromatic rings. The Hall–Kier alpha value is -2.49. The molecular formula is C16H21N3O6. The number of allylic oxidation sites excluding steroid dienone is 2. The van der Waals surface area contributed by atoms with Gasteiger partial charge in [-0.2, -0.15) is 4.98 Å². The highest BCUT2D eigenvalue weighted by atomic mass is 16.5. The van der Waals surface area contributed by atoms with Gasteiger partial charge in [0.25, 0.3) is 0 Å². The fourth-order valence-corrected chi connectivity index (χ4v) is 2.49. The van der Waals surface area contributed by atoms with Gasteiger partial charge in [0, 0.05) is 6.20 Å². The van der Waals surface area contributed by atoms with E-state index in [1.165, 1.54) is 16.8 Å². The first-order chi connectivity index (χ1) is 12.0. The number of aliphatic hydroxyl groups is 1. The number of hydrogen-bond acceptors (Lipinski definition) is 7. The third kappa shape index (κ3) is 5.24. The van der Waals surface area contributed by atoms with Crippen LogP contribution in [0.2, 0.25) is 0 Å². The molecule has 1 aliphatic heterocycles. The lowest BCUT2D eigenvalue weighted by molar-refractivity contribution is -0.132. The topological polar surface area (TPSA) is 134 Å². The Morgan fingerprint density at radius 1 is 1.40 bits per heavy atom. The summed E-state index contributed by atoms with van der Waals surface area (Å²) >= 11 is 0. The second-order valence-corrected chi connectivity index (χ2v) is 5.53. The van der Waals surface area contributed by atoms with Crippen LogP contribution in [0.1, 0.15) is 31.9 Å². The minimum Gasteiger partial charge on any atom is -0.478 e. The van der Waals surface area contributed by atoms with Crippen molar-refractivity contribution in [2.45, 2.75) is 38.0 Å². The van der Waals surface area contributed by atoms with Gasteiger partial charge in [0.05, 0.1) is 18.3 Å². The first-order valence-electron chi connectivity index (χ1n) is 7.90. The highest BCUT2D eigenvalue weighted by Gasteiger charge is 2.26. The van der Waals surface area contributed by atoms with Crippen LogP contribution in [-0.2, 0) is 9.53 Å². The molecule has 0 bridgehead atoms. The number of anilines is 1. The number of nitrogens with zero attached hydrogens (tertiary/aromatic N) is 2. The van der Waals surface area contributed by atoms with Gasteiger partial charge >= 0.3 is 11.7 Å². The van der Waals surface area contributed by atoms with Crippen LogP contribution in [0.15, 0.2) is 40.9 Å². The van der Waals surface area contributed by atoms with E-state index in [0.717, 1.165) is 12.8 Å². The number of carbonyl (C=O) groups is 1. The molecule has 4 N–H and O–H groups in total. The van der Waals surface area contributed by atoms with Crippen molar-refractivity contribution in [2.24, 2.45) is 0 Å². The average Bonchev–Trinajstić information content (AvgIpc) is 3.11. The highest BCUT2D eigenvalue weighted by Crippen LogP contribution is 2.26. The number of carboxylic acid groups (broad SMARTS) is 1. The third-order valence-corrected chi connectivity index (χ3v) is 3.79. The van der Waals surface area contributed by atoms with Crippen molar-refractivity contribution in [3.63, 3.8) is 0 Å². The Bertz CT molecular complexity index is 712. The fraction of sp³-hybridized carbons (Fsp3) is 0.438. The number of ether oxygens (including phenoxy) is 1. The second kappa shape index (κ2) is 9.11. The van der Waals surface area contributed by atoms with E-state index in [-0.39, 0.29) is 24.8 Å². The van der Waals surface area contributed by atoms with E-state index in [1.54, 1.807) is 17.6 Å². The molecular weight excluding hydrogens is 330 g/mol. The van der Waals surface area contributed by atoms with Crippen molar-refractivity contribution < 1.29 is 25.0 Å². The standard InChI is InChI=1S/C9H13N3O4.C7H8O2/c13-5-6-1-2-8(16-6)12-4-3-7(11-15)10-9(12)14;8-7(9)6-4-2-1-3-5-6/h3-4,6,8,13,15H,1-2,5H2,(H,10,11,14);2,4-5H,1,3H2,(H,8,9). The monoisotopic (exact) mass is 351 g/mol. The van der Waals surface area contributed by atoms with Crippen LogP contribution in [0.4, 0.5) is 5.82 Å². The Morgan fingerprint density at radius 3 is 2.68 bits per heavy atom. The van der Waals surface area contributed by atoms with Crippen LogP contribution in [-0.4, -0.2) is 43.7 Å². The van der Waals surface area contributed by atoms with Gasteiger partial charge in [0.2, 0.25) is 0 Å². The molecule has 2 heterocycles. The van der Waals surface area contributed by atoms with Crippen LogP contribution in [0, 0.1) is 0 Å². The fourth-order valence-electron chi connectivity index (χ4n) is 2.49. The summed E-state index contributed by atoms with van der Waals surface area (Å²) in [7, 11) is 0. The maximum absolute atomic E-state index is 11.5. The molecule has 0 spiro atoms. The summed E-state index contributed by atoms with van der Waals surface area (Å²) in [6.07, 6.45) is 9.37. The zero-order valence-corrected chi connectivity index (χ0v) is 13.5. The molecule has 9 heteroatoms. The largest absolute Gasteiger partial charge is 0.478 e.